The topological polar surface area (TPSA) is 73.0 Å². The Morgan fingerprint density at radius 3 is 2.10 bits per heavy atom. The fourth-order valence-electron chi connectivity index (χ4n) is 4.01. The van der Waals surface area contributed by atoms with Crippen LogP contribution in [-0.2, 0) is 14.4 Å². The molecule has 2 fully saturated rings. The van der Waals surface area contributed by atoms with Crippen LogP contribution in [0.2, 0.25) is 0 Å². The molecule has 0 unspecified atom stereocenters. The molecule has 2 saturated heterocycles. The average molecular weight is 406 g/mol. The zero-order valence-corrected chi connectivity index (χ0v) is 16.9. The van der Waals surface area contributed by atoms with Crippen LogP contribution in [0.4, 0.5) is 11.4 Å². The predicted molar refractivity (Wildman–Crippen MR) is 115 cm³/mol. The lowest BCUT2D eigenvalue weighted by atomic mass is 10.1. The summed E-state index contributed by atoms with van der Waals surface area (Å²) in [7, 11) is 0. The number of carbonyl (C=O) groups excluding carboxylic acids is 3. The number of carbonyl (C=O) groups is 3. The maximum Gasteiger partial charge on any atom is 0.242 e. The highest BCUT2D eigenvalue weighted by Crippen LogP contribution is 2.24. The van der Waals surface area contributed by atoms with Crippen molar-refractivity contribution in [3.8, 4) is 0 Å². The Hall–Kier alpha value is -3.35. The first-order chi connectivity index (χ1) is 14.6. The molecule has 3 amide bonds. The summed E-state index contributed by atoms with van der Waals surface area (Å²) >= 11 is 0. The SMILES string of the molecule is O=C(NCC(=O)N1CCN(c2ccccc2)CC1)[C@H]1CC(=O)N(c2ccccc2)C1. The van der Waals surface area contributed by atoms with Crippen molar-refractivity contribution >= 4 is 29.1 Å². The minimum Gasteiger partial charge on any atom is -0.368 e. The first-order valence-corrected chi connectivity index (χ1v) is 10.3. The van der Waals surface area contributed by atoms with E-state index in [4.69, 9.17) is 0 Å². The van der Waals surface area contributed by atoms with Crippen LogP contribution >= 0.6 is 0 Å². The van der Waals surface area contributed by atoms with E-state index in [-0.39, 0.29) is 30.7 Å². The van der Waals surface area contributed by atoms with Crippen molar-refractivity contribution in [2.45, 2.75) is 6.42 Å². The highest BCUT2D eigenvalue weighted by atomic mass is 16.2. The van der Waals surface area contributed by atoms with Crippen LogP contribution in [-0.4, -0.2) is 61.9 Å². The molecule has 0 saturated carbocycles. The first kappa shape index (κ1) is 19.9. The Bertz CT molecular complexity index is 895. The molecule has 0 aromatic heterocycles. The van der Waals surface area contributed by atoms with Crippen molar-refractivity contribution in [1.82, 2.24) is 10.2 Å². The molecule has 4 rings (SSSR count). The van der Waals surface area contributed by atoms with E-state index in [0.717, 1.165) is 24.5 Å². The Morgan fingerprint density at radius 1 is 0.867 bits per heavy atom. The lowest BCUT2D eigenvalue weighted by Gasteiger charge is -2.36. The van der Waals surface area contributed by atoms with Gasteiger partial charge < -0.3 is 20.0 Å². The van der Waals surface area contributed by atoms with Crippen LogP contribution < -0.4 is 15.1 Å². The van der Waals surface area contributed by atoms with Gasteiger partial charge in [0.15, 0.2) is 0 Å². The molecule has 2 aliphatic heterocycles. The summed E-state index contributed by atoms with van der Waals surface area (Å²) in [5.74, 6) is -0.816. The van der Waals surface area contributed by atoms with Crippen LogP contribution in [0.1, 0.15) is 6.42 Å². The summed E-state index contributed by atoms with van der Waals surface area (Å²) in [5.41, 5.74) is 1.96. The molecule has 1 N–H and O–H groups in total. The van der Waals surface area contributed by atoms with E-state index in [9.17, 15) is 14.4 Å². The molecule has 2 aliphatic rings. The van der Waals surface area contributed by atoms with Gasteiger partial charge in [-0.2, -0.15) is 0 Å². The summed E-state index contributed by atoms with van der Waals surface area (Å²) in [5, 5.41) is 2.73. The van der Waals surface area contributed by atoms with Gasteiger partial charge in [-0.25, -0.2) is 0 Å². The van der Waals surface area contributed by atoms with Gasteiger partial charge in [-0.3, -0.25) is 14.4 Å². The molecule has 1 atom stereocenters. The minimum atomic E-state index is -0.430. The second-order valence-corrected chi connectivity index (χ2v) is 7.66. The van der Waals surface area contributed by atoms with Crippen LogP contribution in [0.3, 0.4) is 0 Å². The van der Waals surface area contributed by atoms with Crippen molar-refractivity contribution in [2.24, 2.45) is 5.92 Å². The highest BCUT2D eigenvalue weighted by Gasteiger charge is 2.35. The number of rotatable bonds is 5. The van der Waals surface area contributed by atoms with E-state index >= 15 is 0 Å². The standard InChI is InChI=1S/C23H26N4O3/c28-21-15-18(17-27(21)20-9-5-2-6-10-20)23(30)24-16-22(29)26-13-11-25(12-14-26)19-7-3-1-4-8-19/h1-10,18H,11-17H2,(H,24,30)/t18-/m0/s1. The van der Waals surface area contributed by atoms with Gasteiger partial charge in [-0.05, 0) is 24.3 Å². The van der Waals surface area contributed by atoms with Crippen LogP contribution in [0.15, 0.2) is 60.7 Å². The van der Waals surface area contributed by atoms with Gasteiger partial charge in [0.1, 0.15) is 0 Å². The van der Waals surface area contributed by atoms with Gasteiger partial charge in [-0.1, -0.05) is 36.4 Å². The molecule has 2 aromatic carbocycles. The lowest BCUT2D eigenvalue weighted by Crippen LogP contribution is -2.51. The number of anilines is 2. The summed E-state index contributed by atoms with van der Waals surface area (Å²) in [6, 6.07) is 19.5. The molecular formula is C23H26N4O3. The predicted octanol–water partition coefficient (Wildman–Crippen LogP) is 1.50. The van der Waals surface area contributed by atoms with Gasteiger partial charge in [-0.15, -0.1) is 0 Å². The second kappa shape index (κ2) is 8.98. The maximum absolute atomic E-state index is 12.5. The number of para-hydroxylation sites is 2. The van der Waals surface area contributed by atoms with E-state index < -0.39 is 5.92 Å². The molecule has 2 aromatic rings. The first-order valence-electron chi connectivity index (χ1n) is 10.3. The van der Waals surface area contributed by atoms with Crippen molar-refractivity contribution in [1.29, 1.82) is 0 Å². The molecule has 0 bridgehead atoms. The lowest BCUT2D eigenvalue weighted by molar-refractivity contribution is -0.134. The van der Waals surface area contributed by atoms with E-state index in [1.54, 1.807) is 9.80 Å². The van der Waals surface area contributed by atoms with Crippen LogP contribution in [0.25, 0.3) is 0 Å². The fourth-order valence-corrected chi connectivity index (χ4v) is 4.01. The number of nitrogens with zero attached hydrogens (tertiary/aromatic N) is 3. The third-order valence-electron chi connectivity index (χ3n) is 5.73. The van der Waals surface area contributed by atoms with Gasteiger partial charge >= 0.3 is 0 Å². The molecule has 2 heterocycles. The number of benzene rings is 2. The van der Waals surface area contributed by atoms with E-state index in [1.165, 1.54) is 0 Å². The Kier molecular flexibility index (Phi) is 5.97. The maximum atomic E-state index is 12.5. The largest absolute Gasteiger partial charge is 0.368 e. The van der Waals surface area contributed by atoms with E-state index in [0.29, 0.717) is 19.6 Å². The second-order valence-electron chi connectivity index (χ2n) is 7.66. The number of hydrogen-bond donors (Lipinski definition) is 1. The van der Waals surface area contributed by atoms with E-state index in [1.807, 2.05) is 48.5 Å². The molecule has 0 aliphatic carbocycles. The summed E-state index contributed by atoms with van der Waals surface area (Å²) in [6.07, 6.45) is 0.171. The quantitative estimate of drug-likeness (QED) is 0.817. The Morgan fingerprint density at radius 2 is 1.47 bits per heavy atom. The Labute approximate surface area is 176 Å². The number of amides is 3. The van der Waals surface area contributed by atoms with E-state index in [2.05, 4.69) is 22.3 Å². The number of piperazine rings is 1. The smallest absolute Gasteiger partial charge is 0.242 e. The van der Waals surface area contributed by atoms with Crippen molar-refractivity contribution in [3.05, 3.63) is 60.7 Å². The zero-order valence-electron chi connectivity index (χ0n) is 16.9. The van der Waals surface area contributed by atoms with Crippen LogP contribution in [0.5, 0.6) is 0 Å². The van der Waals surface area contributed by atoms with Gasteiger partial charge in [0.25, 0.3) is 0 Å². The van der Waals surface area contributed by atoms with Gasteiger partial charge in [0, 0.05) is 50.5 Å². The van der Waals surface area contributed by atoms with Crippen molar-refractivity contribution in [3.63, 3.8) is 0 Å². The monoisotopic (exact) mass is 406 g/mol. The zero-order chi connectivity index (χ0) is 20.9. The molecule has 7 nitrogen and oxygen atoms in total. The third-order valence-corrected chi connectivity index (χ3v) is 5.73. The summed E-state index contributed by atoms with van der Waals surface area (Å²) < 4.78 is 0. The fraction of sp³-hybridized carbons (Fsp3) is 0.348. The minimum absolute atomic E-state index is 0.0276. The van der Waals surface area contributed by atoms with Gasteiger partial charge in [0.05, 0.1) is 12.5 Å². The summed E-state index contributed by atoms with van der Waals surface area (Å²) in [6.45, 7) is 3.12. The third kappa shape index (κ3) is 4.45. The van der Waals surface area contributed by atoms with Crippen molar-refractivity contribution in [2.75, 3.05) is 49.1 Å². The molecule has 156 valence electrons. The van der Waals surface area contributed by atoms with Gasteiger partial charge in [0.2, 0.25) is 17.7 Å². The van der Waals surface area contributed by atoms with Crippen LogP contribution in [0, 0.1) is 5.92 Å². The van der Waals surface area contributed by atoms with Crippen molar-refractivity contribution < 1.29 is 14.4 Å². The molecule has 0 radical (unpaired) electrons. The Balaban J connectivity index is 1.24. The normalized spacial score (nSPS) is 19.1. The number of hydrogen-bond acceptors (Lipinski definition) is 4. The average Bonchev–Trinajstić information content (AvgIpc) is 3.20. The molecule has 0 spiro atoms. The number of nitrogens with one attached hydrogen (secondary N) is 1. The summed E-state index contributed by atoms with van der Waals surface area (Å²) in [4.78, 5) is 43.0. The molecule has 30 heavy (non-hydrogen) atoms. The molecular weight excluding hydrogens is 380 g/mol. The molecule has 7 heteroatoms. The highest BCUT2D eigenvalue weighted by molar-refractivity contribution is 6.00.